The Hall–Kier alpha value is -1.91. The first-order valence-corrected chi connectivity index (χ1v) is 5.20. The molecule has 0 aliphatic carbocycles. The van der Waals surface area contributed by atoms with Gasteiger partial charge in [0.25, 0.3) is 0 Å². The Bertz CT molecular complexity index is 507. The Morgan fingerprint density at radius 2 is 2.25 bits per heavy atom. The normalized spacial score (nSPS) is 12.6. The fourth-order valence-electron chi connectivity index (χ4n) is 1.54. The highest BCUT2D eigenvalue weighted by Crippen LogP contribution is 2.15. The summed E-state index contributed by atoms with van der Waals surface area (Å²) in [4.78, 5) is 11.6. The first kappa shape index (κ1) is 10.6. The minimum absolute atomic E-state index is 0.293. The Kier molecular flexibility index (Phi) is 2.85. The van der Waals surface area contributed by atoms with Gasteiger partial charge in [0.1, 0.15) is 11.6 Å². The molecule has 2 aromatic rings. The third-order valence-electron chi connectivity index (χ3n) is 2.37. The van der Waals surface area contributed by atoms with Crippen molar-refractivity contribution < 1.29 is 9.53 Å². The molecule has 16 heavy (non-hydrogen) atoms. The van der Waals surface area contributed by atoms with Crippen LogP contribution in [0.15, 0.2) is 24.3 Å². The molecule has 84 valence electrons. The quantitative estimate of drug-likeness (QED) is 0.735. The summed E-state index contributed by atoms with van der Waals surface area (Å²) < 4.78 is 6.53. The molecule has 0 bridgehead atoms. The monoisotopic (exact) mass is 219 g/mol. The van der Waals surface area contributed by atoms with Gasteiger partial charge in [-0.1, -0.05) is 17.3 Å². The van der Waals surface area contributed by atoms with Gasteiger partial charge in [-0.25, -0.2) is 9.48 Å². The highest BCUT2D eigenvalue weighted by atomic mass is 16.5. The lowest BCUT2D eigenvalue weighted by molar-refractivity contribution is -0.146. The largest absolute Gasteiger partial charge is 0.464 e. The maximum absolute atomic E-state index is 11.6. The van der Waals surface area contributed by atoms with Crippen molar-refractivity contribution in [1.82, 2.24) is 15.0 Å². The van der Waals surface area contributed by atoms with Crippen LogP contribution in [-0.2, 0) is 9.53 Å². The van der Waals surface area contributed by atoms with E-state index < -0.39 is 6.04 Å². The number of carbonyl (C=O) groups excluding carboxylic acids is 1. The lowest BCUT2D eigenvalue weighted by Gasteiger charge is -2.10. The molecule has 0 amide bonds. The standard InChI is InChI=1S/C11H13N3O2/c1-3-16-11(15)8(2)14-10-7-5-4-6-9(10)12-13-14/h4-8H,3H2,1-2H3. The maximum atomic E-state index is 11.6. The molecule has 0 saturated carbocycles. The minimum Gasteiger partial charge on any atom is -0.464 e. The summed E-state index contributed by atoms with van der Waals surface area (Å²) in [6.07, 6.45) is 0. The topological polar surface area (TPSA) is 57.0 Å². The molecule has 1 aromatic heterocycles. The molecule has 5 nitrogen and oxygen atoms in total. The van der Waals surface area contributed by atoms with E-state index in [2.05, 4.69) is 10.3 Å². The van der Waals surface area contributed by atoms with Crippen LogP contribution in [0.1, 0.15) is 19.9 Å². The van der Waals surface area contributed by atoms with E-state index in [4.69, 9.17) is 4.74 Å². The van der Waals surface area contributed by atoms with Crippen LogP contribution in [0, 0.1) is 0 Å². The van der Waals surface area contributed by atoms with Crippen molar-refractivity contribution >= 4 is 17.0 Å². The van der Waals surface area contributed by atoms with Gasteiger partial charge in [-0.15, -0.1) is 5.10 Å². The molecule has 0 aliphatic rings. The second kappa shape index (κ2) is 4.30. The molecule has 0 fully saturated rings. The fourth-order valence-corrected chi connectivity index (χ4v) is 1.54. The number of benzene rings is 1. The molecule has 1 aromatic carbocycles. The predicted octanol–water partition coefficient (Wildman–Crippen LogP) is 1.56. The number of rotatable bonds is 3. The van der Waals surface area contributed by atoms with E-state index in [0.717, 1.165) is 11.0 Å². The molecule has 0 spiro atoms. The smallest absolute Gasteiger partial charge is 0.330 e. The zero-order valence-corrected chi connectivity index (χ0v) is 9.25. The van der Waals surface area contributed by atoms with Crippen LogP contribution in [0.4, 0.5) is 0 Å². The molecule has 0 N–H and O–H groups in total. The maximum Gasteiger partial charge on any atom is 0.330 e. The van der Waals surface area contributed by atoms with Gasteiger partial charge < -0.3 is 4.74 Å². The van der Waals surface area contributed by atoms with Gasteiger partial charge in [0.2, 0.25) is 0 Å². The molecule has 5 heteroatoms. The van der Waals surface area contributed by atoms with Crippen molar-refractivity contribution in [3.8, 4) is 0 Å². The van der Waals surface area contributed by atoms with E-state index in [1.165, 1.54) is 0 Å². The number of ether oxygens (including phenoxy) is 1. The van der Waals surface area contributed by atoms with Gasteiger partial charge in [0, 0.05) is 0 Å². The first-order valence-electron chi connectivity index (χ1n) is 5.20. The lowest BCUT2D eigenvalue weighted by Crippen LogP contribution is -2.20. The van der Waals surface area contributed by atoms with Crippen LogP contribution >= 0.6 is 0 Å². The highest BCUT2D eigenvalue weighted by molar-refractivity contribution is 5.79. The Labute approximate surface area is 93.0 Å². The number of hydrogen-bond donors (Lipinski definition) is 0. The number of hydrogen-bond acceptors (Lipinski definition) is 4. The average molecular weight is 219 g/mol. The summed E-state index contributed by atoms with van der Waals surface area (Å²) in [6.45, 7) is 3.90. The third kappa shape index (κ3) is 1.76. The lowest BCUT2D eigenvalue weighted by atomic mass is 10.3. The number of para-hydroxylation sites is 1. The molecule has 0 radical (unpaired) electrons. The van der Waals surface area contributed by atoms with Crippen molar-refractivity contribution in [2.75, 3.05) is 6.61 Å². The van der Waals surface area contributed by atoms with Crippen molar-refractivity contribution in [3.05, 3.63) is 24.3 Å². The average Bonchev–Trinajstić information content (AvgIpc) is 2.72. The molecular weight excluding hydrogens is 206 g/mol. The molecule has 1 unspecified atom stereocenters. The number of carbonyl (C=O) groups is 1. The highest BCUT2D eigenvalue weighted by Gasteiger charge is 2.19. The second-order valence-corrected chi connectivity index (χ2v) is 3.45. The first-order chi connectivity index (χ1) is 7.74. The van der Waals surface area contributed by atoms with E-state index in [0.29, 0.717) is 6.61 Å². The summed E-state index contributed by atoms with van der Waals surface area (Å²) in [5.74, 6) is -0.293. The van der Waals surface area contributed by atoms with E-state index in [1.54, 1.807) is 18.5 Å². The molecule has 2 rings (SSSR count). The van der Waals surface area contributed by atoms with Gasteiger partial charge in [-0.3, -0.25) is 0 Å². The Morgan fingerprint density at radius 1 is 1.50 bits per heavy atom. The van der Waals surface area contributed by atoms with Crippen molar-refractivity contribution in [3.63, 3.8) is 0 Å². The van der Waals surface area contributed by atoms with Gasteiger partial charge in [-0.2, -0.15) is 0 Å². The van der Waals surface area contributed by atoms with Crippen LogP contribution in [-0.4, -0.2) is 27.6 Å². The molecular formula is C11H13N3O2. The fraction of sp³-hybridized carbons (Fsp3) is 0.364. The van der Waals surface area contributed by atoms with Crippen LogP contribution in [0.3, 0.4) is 0 Å². The van der Waals surface area contributed by atoms with Crippen LogP contribution in [0.2, 0.25) is 0 Å². The zero-order valence-electron chi connectivity index (χ0n) is 9.25. The predicted molar refractivity (Wildman–Crippen MR) is 58.9 cm³/mol. The summed E-state index contributed by atoms with van der Waals surface area (Å²) in [5.41, 5.74) is 1.61. The molecule has 1 heterocycles. The van der Waals surface area contributed by atoms with E-state index in [1.807, 2.05) is 24.3 Å². The van der Waals surface area contributed by atoms with Crippen molar-refractivity contribution in [1.29, 1.82) is 0 Å². The minimum atomic E-state index is -0.452. The molecule has 0 saturated heterocycles. The number of nitrogens with zero attached hydrogens (tertiary/aromatic N) is 3. The Balaban J connectivity index is 2.36. The number of aromatic nitrogens is 3. The van der Waals surface area contributed by atoms with Crippen LogP contribution < -0.4 is 0 Å². The summed E-state index contributed by atoms with van der Waals surface area (Å²) >= 11 is 0. The van der Waals surface area contributed by atoms with Gasteiger partial charge >= 0.3 is 5.97 Å². The molecule has 1 atom stereocenters. The van der Waals surface area contributed by atoms with E-state index in [-0.39, 0.29) is 5.97 Å². The van der Waals surface area contributed by atoms with Gasteiger partial charge in [0.05, 0.1) is 12.1 Å². The third-order valence-corrected chi connectivity index (χ3v) is 2.37. The van der Waals surface area contributed by atoms with E-state index >= 15 is 0 Å². The SMILES string of the molecule is CCOC(=O)C(C)n1nnc2ccccc21. The Morgan fingerprint density at radius 3 is 3.00 bits per heavy atom. The number of esters is 1. The van der Waals surface area contributed by atoms with Gasteiger partial charge in [0.15, 0.2) is 0 Å². The summed E-state index contributed by atoms with van der Waals surface area (Å²) in [5, 5.41) is 7.95. The summed E-state index contributed by atoms with van der Waals surface area (Å²) in [6, 6.07) is 7.06. The second-order valence-electron chi connectivity index (χ2n) is 3.45. The van der Waals surface area contributed by atoms with Gasteiger partial charge in [-0.05, 0) is 26.0 Å². The van der Waals surface area contributed by atoms with Crippen LogP contribution in [0.25, 0.3) is 11.0 Å². The van der Waals surface area contributed by atoms with Crippen LogP contribution in [0.5, 0.6) is 0 Å². The van der Waals surface area contributed by atoms with Crippen molar-refractivity contribution in [2.24, 2.45) is 0 Å². The summed E-state index contributed by atoms with van der Waals surface area (Å²) in [7, 11) is 0. The molecule has 0 aliphatic heterocycles. The van der Waals surface area contributed by atoms with E-state index in [9.17, 15) is 4.79 Å². The zero-order chi connectivity index (χ0) is 11.5. The number of fused-ring (bicyclic) bond motifs is 1. The van der Waals surface area contributed by atoms with Crippen molar-refractivity contribution in [2.45, 2.75) is 19.9 Å².